The van der Waals surface area contributed by atoms with E-state index in [-0.39, 0.29) is 11.7 Å². The number of unbranched alkanes of at least 4 members (excludes halogenated alkanes) is 4. The lowest BCUT2D eigenvalue weighted by Gasteiger charge is -2.15. The van der Waals surface area contributed by atoms with Crippen LogP contribution < -0.4 is 0 Å². The van der Waals surface area contributed by atoms with Crippen LogP contribution in [0.5, 0.6) is 0 Å². The van der Waals surface area contributed by atoms with Gasteiger partial charge in [-0.25, -0.2) is 0 Å². The fraction of sp³-hybridized carbons (Fsp3) is 0.857. The number of hydrogen-bond acceptors (Lipinski definition) is 3. The van der Waals surface area contributed by atoms with Crippen LogP contribution in [0.3, 0.4) is 0 Å². The van der Waals surface area contributed by atoms with Crippen molar-refractivity contribution in [3.8, 4) is 0 Å². The van der Waals surface area contributed by atoms with Crippen molar-refractivity contribution in [3.63, 3.8) is 0 Å². The zero-order valence-electron chi connectivity index (χ0n) is 16.1. The van der Waals surface area contributed by atoms with Gasteiger partial charge in [-0.05, 0) is 58.3 Å². The molecule has 2 N–H and O–H groups in total. The van der Waals surface area contributed by atoms with Crippen LogP contribution >= 0.6 is 0 Å². The van der Waals surface area contributed by atoms with Gasteiger partial charge in [0.25, 0.3) is 0 Å². The summed E-state index contributed by atoms with van der Waals surface area (Å²) in [6.07, 6.45) is 12.5. The Balaban J connectivity index is 1.53. The Morgan fingerprint density at radius 3 is 1.38 bits per heavy atom. The van der Waals surface area contributed by atoms with Crippen LogP contribution in [0.4, 0.5) is 0 Å². The lowest BCUT2D eigenvalue weighted by atomic mass is 9.90. The van der Waals surface area contributed by atoms with E-state index in [2.05, 4.69) is 0 Å². The first kappa shape index (κ1) is 20.9. The Bertz CT molecular complexity index is 476. The van der Waals surface area contributed by atoms with Gasteiger partial charge in [0.2, 0.25) is 0 Å². The summed E-state index contributed by atoms with van der Waals surface area (Å²) in [6.45, 7) is 1.66. The molecular formula is C21H34O5. The number of carbonyl (C=O) groups is 3. The lowest BCUT2D eigenvalue weighted by molar-refractivity contribution is -0.144. The van der Waals surface area contributed by atoms with Gasteiger partial charge in [-0.3, -0.25) is 14.4 Å². The number of carbonyl (C=O) groups excluding carboxylic acids is 1. The summed E-state index contributed by atoms with van der Waals surface area (Å²) in [5.41, 5.74) is -0.844. The summed E-state index contributed by atoms with van der Waals surface area (Å²) in [5, 5.41) is 18.3. The molecule has 0 aliphatic heterocycles. The van der Waals surface area contributed by atoms with Crippen LogP contribution in [0, 0.1) is 16.7 Å². The maximum absolute atomic E-state index is 11.8. The average molecular weight is 366 g/mol. The van der Waals surface area contributed by atoms with Gasteiger partial charge in [-0.1, -0.05) is 38.5 Å². The van der Waals surface area contributed by atoms with Crippen LogP contribution in [0.25, 0.3) is 0 Å². The van der Waals surface area contributed by atoms with Crippen LogP contribution in [-0.4, -0.2) is 27.9 Å². The van der Waals surface area contributed by atoms with Gasteiger partial charge in [-0.2, -0.15) is 0 Å². The van der Waals surface area contributed by atoms with Crippen LogP contribution in [0.1, 0.15) is 96.8 Å². The molecule has 148 valence electrons. The van der Waals surface area contributed by atoms with E-state index in [4.69, 9.17) is 10.2 Å². The normalized spacial score (nSPS) is 19.3. The molecule has 0 atom stereocenters. The van der Waals surface area contributed by atoms with E-state index in [1.807, 2.05) is 0 Å². The highest BCUT2D eigenvalue weighted by Crippen LogP contribution is 2.50. The number of ketones is 1. The van der Waals surface area contributed by atoms with E-state index in [0.717, 1.165) is 89.9 Å². The van der Waals surface area contributed by atoms with Crippen molar-refractivity contribution >= 4 is 17.7 Å². The molecule has 0 spiro atoms. The van der Waals surface area contributed by atoms with Gasteiger partial charge in [0.15, 0.2) is 0 Å². The Kier molecular flexibility index (Phi) is 7.24. The fourth-order valence-electron chi connectivity index (χ4n) is 4.06. The number of Topliss-reactive ketones (excluding diaryl/α,β-unsaturated/α-hetero) is 1. The van der Waals surface area contributed by atoms with E-state index in [1.165, 1.54) is 0 Å². The fourth-order valence-corrected chi connectivity index (χ4v) is 4.06. The molecule has 0 saturated heterocycles. The molecule has 26 heavy (non-hydrogen) atoms. The number of aliphatic carboxylic acids is 2. The molecule has 0 bridgehead atoms. The third-order valence-electron chi connectivity index (χ3n) is 6.61. The molecule has 0 aromatic carbocycles. The number of hydrogen-bond donors (Lipinski definition) is 2. The molecule has 0 aromatic heterocycles. The van der Waals surface area contributed by atoms with Crippen LogP contribution in [0.15, 0.2) is 0 Å². The van der Waals surface area contributed by atoms with E-state index >= 15 is 0 Å². The monoisotopic (exact) mass is 366 g/mol. The van der Waals surface area contributed by atoms with Crippen molar-refractivity contribution in [1.82, 2.24) is 0 Å². The molecule has 2 rings (SSSR count). The van der Waals surface area contributed by atoms with Crippen molar-refractivity contribution in [2.75, 3.05) is 0 Å². The molecular weight excluding hydrogens is 332 g/mol. The molecule has 0 amide bonds. The van der Waals surface area contributed by atoms with Crippen molar-refractivity contribution < 1.29 is 24.6 Å². The summed E-state index contributed by atoms with van der Waals surface area (Å²) < 4.78 is 0. The maximum atomic E-state index is 11.8. The zero-order chi connectivity index (χ0) is 19.2. The third kappa shape index (κ3) is 5.82. The van der Waals surface area contributed by atoms with Gasteiger partial charge in [0.05, 0.1) is 10.8 Å². The zero-order valence-corrected chi connectivity index (χ0v) is 16.1. The second-order valence-corrected chi connectivity index (χ2v) is 8.68. The van der Waals surface area contributed by atoms with E-state index in [0.29, 0.717) is 0 Å². The molecule has 0 aromatic rings. The number of carboxylic acids is 2. The summed E-state index contributed by atoms with van der Waals surface area (Å²) in [4.78, 5) is 34.1. The predicted molar refractivity (Wildman–Crippen MR) is 98.9 cm³/mol. The summed E-state index contributed by atoms with van der Waals surface area (Å²) in [5.74, 6) is -0.929. The minimum atomic E-state index is -0.644. The van der Waals surface area contributed by atoms with Crippen molar-refractivity contribution in [2.24, 2.45) is 16.7 Å². The smallest absolute Gasteiger partial charge is 0.309 e. The van der Waals surface area contributed by atoms with Gasteiger partial charge in [0, 0.05) is 5.92 Å². The molecule has 0 heterocycles. The Labute approximate surface area is 156 Å². The van der Waals surface area contributed by atoms with Gasteiger partial charge in [-0.15, -0.1) is 0 Å². The standard InChI is InChI=1S/C21H34O5/c1-16(22)17(8-4-2-6-10-20(12-13-20)18(23)24)9-5-3-7-11-21(14-15-21)19(25)26/h17H,2-15H2,1H3,(H,23,24)(H,25,26). The van der Waals surface area contributed by atoms with Crippen molar-refractivity contribution in [1.29, 1.82) is 0 Å². The SMILES string of the molecule is CC(=O)C(CCCCCC1(C(=O)O)CC1)CCCCCC1(C(=O)O)CC1. The van der Waals surface area contributed by atoms with Crippen molar-refractivity contribution in [3.05, 3.63) is 0 Å². The summed E-state index contributed by atoms with van der Waals surface area (Å²) >= 11 is 0. The van der Waals surface area contributed by atoms with E-state index in [1.54, 1.807) is 6.92 Å². The molecule has 5 heteroatoms. The first-order valence-corrected chi connectivity index (χ1v) is 10.3. The lowest BCUT2D eigenvalue weighted by Crippen LogP contribution is -2.15. The van der Waals surface area contributed by atoms with E-state index < -0.39 is 22.8 Å². The first-order chi connectivity index (χ1) is 12.3. The predicted octanol–water partition coefficient (Wildman–Crippen LogP) is 4.82. The number of rotatable bonds is 15. The molecule has 0 unspecified atom stereocenters. The largest absolute Gasteiger partial charge is 0.481 e. The van der Waals surface area contributed by atoms with E-state index in [9.17, 15) is 14.4 Å². The van der Waals surface area contributed by atoms with Gasteiger partial charge < -0.3 is 10.2 Å². The Morgan fingerprint density at radius 1 is 0.731 bits per heavy atom. The topological polar surface area (TPSA) is 91.7 Å². The molecule has 5 nitrogen and oxygen atoms in total. The first-order valence-electron chi connectivity index (χ1n) is 10.3. The minimum Gasteiger partial charge on any atom is -0.481 e. The third-order valence-corrected chi connectivity index (χ3v) is 6.61. The Hall–Kier alpha value is -1.39. The molecule has 2 fully saturated rings. The van der Waals surface area contributed by atoms with Crippen LogP contribution in [0.2, 0.25) is 0 Å². The second-order valence-electron chi connectivity index (χ2n) is 8.68. The minimum absolute atomic E-state index is 0.110. The van der Waals surface area contributed by atoms with Crippen molar-refractivity contribution in [2.45, 2.75) is 96.8 Å². The van der Waals surface area contributed by atoms with Gasteiger partial charge in [0.1, 0.15) is 5.78 Å². The highest BCUT2D eigenvalue weighted by Gasteiger charge is 2.49. The summed E-state index contributed by atoms with van der Waals surface area (Å²) in [6, 6.07) is 0. The highest BCUT2D eigenvalue weighted by atomic mass is 16.4. The average Bonchev–Trinajstić information content (AvgIpc) is 3.47. The van der Waals surface area contributed by atoms with Crippen LogP contribution in [-0.2, 0) is 14.4 Å². The maximum Gasteiger partial charge on any atom is 0.309 e. The molecule has 2 aliphatic rings. The summed E-state index contributed by atoms with van der Waals surface area (Å²) in [7, 11) is 0. The molecule has 0 radical (unpaired) electrons. The Morgan fingerprint density at radius 2 is 1.12 bits per heavy atom. The quantitative estimate of drug-likeness (QED) is 0.405. The number of carboxylic acid groups (broad SMARTS) is 2. The second kappa shape index (κ2) is 9.01. The highest BCUT2D eigenvalue weighted by molar-refractivity contribution is 5.78. The van der Waals surface area contributed by atoms with Gasteiger partial charge >= 0.3 is 11.9 Å². The molecule has 2 aliphatic carbocycles. The molecule has 2 saturated carbocycles.